The molecule has 2 aromatic carbocycles. The molecule has 4 heterocycles. The first kappa shape index (κ1) is 25.4. The second-order valence-electron chi connectivity index (χ2n) is 10.6. The lowest BCUT2D eigenvalue weighted by Gasteiger charge is -2.34. The summed E-state index contributed by atoms with van der Waals surface area (Å²) in [7, 11) is 0. The molecule has 4 aromatic rings. The van der Waals surface area contributed by atoms with Crippen molar-refractivity contribution in [3.63, 3.8) is 0 Å². The number of anilines is 1. The minimum absolute atomic E-state index is 0.0935. The van der Waals surface area contributed by atoms with E-state index in [-0.39, 0.29) is 17.7 Å². The van der Waals surface area contributed by atoms with Crippen LogP contribution in [0.4, 0.5) is 19.0 Å². The molecule has 2 N–H and O–H groups in total. The summed E-state index contributed by atoms with van der Waals surface area (Å²) in [6.45, 7) is 2.62. The molecule has 1 amide bonds. The number of nitrogens with zero attached hydrogens (tertiary/aromatic N) is 4. The van der Waals surface area contributed by atoms with Gasteiger partial charge in [-0.05, 0) is 42.9 Å². The maximum absolute atomic E-state index is 13.3. The van der Waals surface area contributed by atoms with Crippen LogP contribution in [0.25, 0.3) is 16.8 Å². The van der Waals surface area contributed by atoms with Gasteiger partial charge in [-0.3, -0.25) is 9.20 Å². The minimum atomic E-state index is -4.38. The van der Waals surface area contributed by atoms with E-state index in [1.54, 1.807) is 12.3 Å². The molecular formula is C30H30F3N5O. The Morgan fingerprint density at radius 2 is 1.87 bits per heavy atom. The third kappa shape index (κ3) is 4.53. The van der Waals surface area contributed by atoms with Crippen LogP contribution in [-0.4, -0.2) is 37.8 Å². The molecule has 0 spiro atoms. The molecule has 39 heavy (non-hydrogen) atoms. The Morgan fingerprint density at radius 3 is 2.62 bits per heavy atom. The Balaban J connectivity index is 1.35. The number of aromatic nitrogens is 3. The fourth-order valence-corrected chi connectivity index (χ4v) is 6.32. The normalized spacial score (nSPS) is 20.4. The second kappa shape index (κ2) is 9.70. The first-order valence-electron chi connectivity index (χ1n) is 13.4. The van der Waals surface area contributed by atoms with Crippen molar-refractivity contribution in [1.82, 2.24) is 19.3 Å². The highest BCUT2D eigenvalue weighted by atomic mass is 19.4. The summed E-state index contributed by atoms with van der Waals surface area (Å²) >= 11 is 0. The number of piperidine rings is 1. The zero-order chi connectivity index (χ0) is 27.3. The molecule has 0 radical (unpaired) electrons. The van der Waals surface area contributed by atoms with Gasteiger partial charge in [0.15, 0.2) is 0 Å². The lowest BCUT2D eigenvalue weighted by Crippen LogP contribution is -2.41. The molecule has 0 aliphatic carbocycles. The van der Waals surface area contributed by atoms with Crippen molar-refractivity contribution in [2.24, 2.45) is 0 Å². The summed E-state index contributed by atoms with van der Waals surface area (Å²) in [5, 5.41) is 0. The predicted octanol–water partition coefficient (Wildman–Crippen LogP) is 6.41. The van der Waals surface area contributed by atoms with Gasteiger partial charge in [-0.15, -0.1) is 0 Å². The van der Waals surface area contributed by atoms with Crippen LogP contribution >= 0.6 is 0 Å². The number of carbonyl (C=O) groups is 1. The molecule has 2 saturated heterocycles. The van der Waals surface area contributed by atoms with E-state index < -0.39 is 11.7 Å². The number of rotatable bonds is 5. The average Bonchev–Trinajstić information content (AvgIpc) is 3.51. The number of carbonyl (C=O) groups excluding carboxylic acids is 1. The number of imidazole rings is 1. The summed E-state index contributed by atoms with van der Waals surface area (Å²) in [6.07, 6.45) is 3.26. The molecule has 0 saturated carbocycles. The summed E-state index contributed by atoms with van der Waals surface area (Å²) < 4.78 is 41.9. The van der Waals surface area contributed by atoms with Crippen molar-refractivity contribution < 1.29 is 18.0 Å². The van der Waals surface area contributed by atoms with E-state index in [9.17, 15) is 18.0 Å². The van der Waals surface area contributed by atoms with Crippen molar-refractivity contribution in [3.05, 3.63) is 83.4 Å². The van der Waals surface area contributed by atoms with E-state index in [0.717, 1.165) is 47.8 Å². The summed E-state index contributed by atoms with van der Waals surface area (Å²) in [4.78, 5) is 23.8. The van der Waals surface area contributed by atoms with E-state index in [0.29, 0.717) is 42.5 Å². The molecule has 2 aromatic heterocycles. The maximum atomic E-state index is 13.3. The first-order valence-corrected chi connectivity index (χ1v) is 13.4. The van der Waals surface area contributed by atoms with Crippen LogP contribution < -0.4 is 5.73 Å². The van der Waals surface area contributed by atoms with Gasteiger partial charge >= 0.3 is 6.18 Å². The van der Waals surface area contributed by atoms with E-state index in [2.05, 4.69) is 4.98 Å². The third-order valence-corrected chi connectivity index (χ3v) is 8.30. The Kier molecular flexibility index (Phi) is 6.32. The lowest BCUT2D eigenvalue weighted by molar-refractivity contribution is -0.137. The first-order chi connectivity index (χ1) is 18.7. The molecular weight excluding hydrogens is 503 g/mol. The van der Waals surface area contributed by atoms with Gasteiger partial charge in [-0.1, -0.05) is 49.4 Å². The number of fused-ring (bicyclic) bond motifs is 2. The summed E-state index contributed by atoms with van der Waals surface area (Å²) in [5.41, 5.74) is 9.56. The standard InChI is InChI=1S/C30H30F3N5O/c1-2-24(20-4-3-5-22(16-20)30(31,32)33)18-6-8-19(9-7-18)26-27-28(34)35-14-15-37(27)29(36-26)21-10-11-23-12-13-25(39)38(23)17-21/h3-9,14-16,21,23-24H,2,10-13,17H2,1H3,(H2,34,35)/t21-,23+,24?/m1/s1. The lowest BCUT2D eigenvalue weighted by atomic mass is 9.87. The fourth-order valence-electron chi connectivity index (χ4n) is 6.32. The maximum Gasteiger partial charge on any atom is 0.416 e. The number of amides is 1. The minimum Gasteiger partial charge on any atom is -0.382 e. The van der Waals surface area contributed by atoms with Gasteiger partial charge in [-0.25, -0.2) is 9.97 Å². The number of alkyl halides is 3. The third-order valence-electron chi connectivity index (χ3n) is 8.30. The number of hydrogen-bond donors (Lipinski definition) is 1. The van der Waals surface area contributed by atoms with Crippen molar-refractivity contribution in [2.75, 3.05) is 12.3 Å². The number of nitrogens with two attached hydrogens (primary N) is 1. The van der Waals surface area contributed by atoms with Gasteiger partial charge in [0, 0.05) is 48.8 Å². The summed E-state index contributed by atoms with van der Waals surface area (Å²) in [6, 6.07) is 13.7. The zero-order valence-corrected chi connectivity index (χ0v) is 21.7. The van der Waals surface area contributed by atoms with Crippen LogP contribution in [-0.2, 0) is 11.0 Å². The van der Waals surface area contributed by atoms with Gasteiger partial charge in [0.25, 0.3) is 0 Å². The van der Waals surface area contributed by atoms with Crippen LogP contribution in [0.15, 0.2) is 60.9 Å². The van der Waals surface area contributed by atoms with Crippen molar-refractivity contribution in [3.8, 4) is 11.3 Å². The number of benzene rings is 2. The topological polar surface area (TPSA) is 76.5 Å². The molecule has 202 valence electrons. The highest BCUT2D eigenvalue weighted by Gasteiger charge is 2.38. The van der Waals surface area contributed by atoms with Crippen LogP contribution in [0, 0.1) is 0 Å². The average molecular weight is 534 g/mol. The van der Waals surface area contributed by atoms with Crippen LogP contribution in [0.5, 0.6) is 0 Å². The predicted molar refractivity (Wildman–Crippen MR) is 143 cm³/mol. The monoisotopic (exact) mass is 533 g/mol. The Bertz CT molecular complexity index is 1530. The fraction of sp³-hybridized carbons (Fsp3) is 0.367. The van der Waals surface area contributed by atoms with Crippen LogP contribution in [0.1, 0.15) is 73.4 Å². The van der Waals surface area contributed by atoms with E-state index in [4.69, 9.17) is 10.7 Å². The van der Waals surface area contributed by atoms with Gasteiger partial charge < -0.3 is 10.6 Å². The van der Waals surface area contributed by atoms with Gasteiger partial charge in [0.2, 0.25) is 5.91 Å². The molecule has 6 rings (SSSR count). The quantitative estimate of drug-likeness (QED) is 0.322. The zero-order valence-electron chi connectivity index (χ0n) is 21.7. The van der Waals surface area contributed by atoms with Gasteiger partial charge in [0.1, 0.15) is 22.9 Å². The number of hydrogen-bond acceptors (Lipinski definition) is 4. The number of nitrogen functional groups attached to an aromatic ring is 1. The van der Waals surface area contributed by atoms with E-state index in [1.165, 1.54) is 12.1 Å². The Hall–Kier alpha value is -3.88. The smallest absolute Gasteiger partial charge is 0.382 e. The van der Waals surface area contributed by atoms with Gasteiger partial charge in [-0.2, -0.15) is 13.2 Å². The summed E-state index contributed by atoms with van der Waals surface area (Å²) in [5.74, 6) is 1.38. The number of halogens is 3. The SMILES string of the molecule is CCC(c1ccc(-c2nc([C@@H]3CC[C@H]4CCC(=O)N4C3)n3ccnc(N)c23)cc1)c1cccc(C(F)(F)F)c1. The molecule has 3 atom stereocenters. The van der Waals surface area contributed by atoms with Gasteiger partial charge in [0.05, 0.1) is 5.56 Å². The molecule has 2 aliphatic rings. The highest BCUT2D eigenvalue weighted by molar-refractivity contribution is 5.85. The van der Waals surface area contributed by atoms with E-state index in [1.807, 2.05) is 46.7 Å². The Morgan fingerprint density at radius 1 is 1.08 bits per heavy atom. The molecule has 6 nitrogen and oxygen atoms in total. The molecule has 0 bridgehead atoms. The molecule has 2 fully saturated rings. The van der Waals surface area contributed by atoms with Crippen molar-refractivity contribution >= 4 is 17.2 Å². The molecule has 2 aliphatic heterocycles. The van der Waals surface area contributed by atoms with Crippen molar-refractivity contribution in [2.45, 2.75) is 63.1 Å². The van der Waals surface area contributed by atoms with Crippen molar-refractivity contribution in [1.29, 1.82) is 0 Å². The largest absolute Gasteiger partial charge is 0.416 e. The van der Waals surface area contributed by atoms with Crippen LogP contribution in [0.2, 0.25) is 0 Å². The van der Waals surface area contributed by atoms with E-state index >= 15 is 0 Å². The molecule has 9 heteroatoms. The van der Waals surface area contributed by atoms with Crippen LogP contribution in [0.3, 0.4) is 0 Å². The second-order valence-corrected chi connectivity index (χ2v) is 10.6. The molecule has 1 unspecified atom stereocenters. The Labute approximate surface area is 224 Å². The highest BCUT2D eigenvalue weighted by Crippen LogP contribution is 2.39.